The van der Waals surface area contributed by atoms with Crippen LogP contribution in [0.3, 0.4) is 0 Å². The molecule has 1 aromatic carbocycles. The molecule has 0 aliphatic heterocycles. The number of nitrogens with one attached hydrogen (secondary N) is 2. The van der Waals surface area contributed by atoms with Crippen molar-refractivity contribution in [3.63, 3.8) is 0 Å². The number of fused-ring (bicyclic) bond motifs is 1. The lowest BCUT2D eigenvalue weighted by atomic mass is 10.2. The van der Waals surface area contributed by atoms with E-state index in [1.807, 2.05) is 18.2 Å². The van der Waals surface area contributed by atoms with Gasteiger partial charge in [-0.05, 0) is 24.3 Å². The highest BCUT2D eigenvalue weighted by Gasteiger charge is 2.10. The van der Waals surface area contributed by atoms with Gasteiger partial charge in [-0.25, -0.2) is 9.97 Å². The molecule has 2 heterocycles. The minimum absolute atomic E-state index is 0.105. The fourth-order valence-corrected chi connectivity index (χ4v) is 2.40. The van der Waals surface area contributed by atoms with Crippen molar-refractivity contribution < 1.29 is 9.59 Å². The van der Waals surface area contributed by atoms with Crippen molar-refractivity contribution in [1.82, 2.24) is 19.9 Å². The highest BCUT2D eigenvalue weighted by atomic mass is 16.2. The second-order valence-electron chi connectivity index (χ2n) is 5.36. The lowest BCUT2D eigenvalue weighted by molar-refractivity contribution is -0.121. The average Bonchev–Trinajstić information content (AvgIpc) is 3.03. The lowest BCUT2D eigenvalue weighted by Crippen LogP contribution is -2.23. The Morgan fingerprint density at radius 1 is 1.32 bits per heavy atom. The van der Waals surface area contributed by atoms with Gasteiger partial charge in [-0.2, -0.15) is 0 Å². The van der Waals surface area contributed by atoms with Crippen molar-refractivity contribution >= 4 is 28.5 Å². The first-order valence-electron chi connectivity index (χ1n) is 7.67. The Bertz CT molecular complexity index is 961. The molecule has 126 valence electrons. The molecule has 7 nitrogen and oxygen atoms in total. The van der Waals surface area contributed by atoms with Gasteiger partial charge in [-0.1, -0.05) is 18.7 Å². The van der Waals surface area contributed by atoms with E-state index in [-0.39, 0.29) is 18.4 Å². The number of benzene rings is 1. The topological polar surface area (TPSA) is 88.9 Å². The van der Waals surface area contributed by atoms with Crippen LogP contribution in [-0.2, 0) is 16.1 Å². The molecule has 2 aromatic heterocycles. The Hall–Kier alpha value is -3.48. The fraction of sp³-hybridized carbons (Fsp3) is 0.111. The predicted octanol–water partition coefficient (Wildman–Crippen LogP) is 1.97. The molecule has 0 aliphatic carbocycles. The van der Waals surface area contributed by atoms with Crippen LogP contribution in [0.5, 0.6) is 0 Å². The monoisotopic (exact) mass is 335 g/mol. The first-order valence-corrected chi connectivity index (χ1v) is 7.67. The van der Waals surface area contributed by atoms with E-state index in [0.29, 0.717) is 17.2 Å². The molecule has 7 heteroatoms. The summed E-state index contributed by atoms with van der Waals surface area (Å²) in [5.74, 6) is 0.124. The summed E-state index contributed by atoms with van der Waals surface area (Å²) in [6.45, 7) is 3.62. The summed E-state index contributed by atoms with van der Waals surface area (Å²) >= 11 is 0. The maximum Gasteiger partial charge on any atom is 0.247 e. The van der Waals surface area contributed by atoms with Crippen LogP contribution < -0.4 is 10.6 Å². The van der Waals surface area contributed by atoms with E-state index in [4.69, 9.17) is 0 Å². The lowest BCUT2D eigenvalue weighted by Gasteiger charge is -2.07. The van der Waals surface area contributed by atoms with E-state index in [1.165, 1.54) is 6.08 Å². The van der Waals surface area contributed by atoms with Gasteiger partial charge in [-0.3, -0.25) is 9.59 Å². The maximum atomic E-state index is 11.6. The zero-order valence-electron chi connectivity index (χ0n) is 13.7. The molecule has 0 bridgehead atoms. The third-order valence-electron chi connectivity index (χ3n) is 3.67. The molecule has 0 spiro atoms. The molecule has 3 rings (SSSR count). The zero-order chi connectivity index (χ0) is 17.8. The van der Waals surface area contributed by atoms with Gasteiger partial charge in [0.2, 0.25) is 11.8 Å². The number of hydrogen-bond donors (Lipinski definition) is 2. The van der Waals surface area contributed by atoms with Crippen molar-refractivity contribution in [2.24, 2.45) is 0 Å². The molecular formula is C18H17N5O2. The quantitative estimate of drug-likeness (QED) is 0.698. The molecule has 0 atom stereocenters. The van der Waals surface area contributed by atoms with E-state index in [1.54, 1.807) is 36.1 Å². The van der Waals surface area contributed by atoms with Crippen LogP contribution in [-0.4, -0.2) is 33.4 Å². The van der Waals surface area contributed by atoms with Crippen molar-refractivity contribution in [3.05, 3.63) is 55.4 Å². The molecule has 0 saturated carbocycles. The Labute approximate surface area is 144 Å². The minimum atomic E-state index is -0.284. The highest BCUT2D eigenvalue weighted by Crippen LogP contribution is 2.22. The molecule has 0 unspecified atom stereocenters. The van der Waals surface area contributed by atoms with Crippen molar-refractivity contribution in [3.8, 4) is 11.4 Å². The molecule has 0 saturated heterocycles. The van der Waals surface area contributed by atoms with E-state index in [2.05, 4.69) is 27.2 Å². The van der Waals surface area contributed by atoms with Gasteiger partial charge in [0.1, 0.15) is 12.2 Å². The number of carbonyl (C=O) groups is 2. The number of carbonyl (C=O) groups excluding carboxylic acids is 2. The molecule has 25 heavy (non-hydrogen) atoms. The molecule has 0 radical (unpaired) electrons. The van der Waals surface area contributed by atoms with Gasteiger partial charge < -0.3 is 15.2 Å². The fourth-order valence-electron chi connectivity index (χ4n) is 2.40. The van der Waals surface area contributed by atoms with Gasteiger partial charge in [0.05, 0.1) is 0 Å². The summed E-state index contributed by atoms with van der Waals surface area (Å²) in [5.41, 5.74) is 2.07. The van der Waals surface area contributed by atoms with Crippen LogP contribution in [0.25, 0.3) is 22.4 Å². The number of likely N-dealkylation sites (N-methyl/N-ethyl adjacent to an activating group) is 1. The van der Waals surface area contributed by atoms with Crippen LogP contribution in [0, 0.1) is 0 Å². The predicted molar refractivity (Wildman–Crippen MR) is 95.9 cm³/mol. The third kappa shape index (κ3) is 3.55. The summed E-state index contributed by atoms with van der Waals surface area (Å²) in [6, 6.07) is 9.09. The zero-order valence-corrected chi connectivity index (χ0v) is 13.7. The first-order chi connectivity index (χ1) is 12.1. The van der Waals surface area contributed by atoms with Gasteiger partial charge in [0.25, 0.3) is 0 Å². The van der Waals surface area contributed by atoms with Crippen molar-refractivity contribution in [1.29, 1.82) is 0 Å². The summed E-state index contributed by atoms with van der Waals surface area (Å²) in [6.07, 6.45) is 4.73. The highest BCUT2D eigenvalue weighted by molar-refractivity contribution is 5.99. The maximum absolute atomic E-state index is 11.6. The smallest absolute Gasteiger partial charge is 0.247 e. The number of hydrogen-bond acceptors (Lipinski definition) is 4. The van der Waals surface area contributed by atoms with E-state index < -0.39 is 0 Å². The van der Waals surface area contributed by atoms with Crippen LogP contribution >= 0.6 is 0 Å². The Kier molecular flexibility index (Phi) is 4.56. The Morgan fingerprint density at radius 2 is 2.16 bits per heavy atom. The number of aromatic nitrogens is 3. The second-order valence-corrected chi connectivity index (χ2v) is 5.36. The Balaban J connectivity index is 1.97. The van der Waals surface area contributed by atoms with Crippen LogP contribution in [0.1, 0.15) is 0 Å². The largest absolute Gasteiger partial charge is 0.358 e. The normalized spacial score (nSPS) is 10.4. The first kappa shape index (κ1) is 16.4. The SMILES string of the molecule is C=CC(=O)Nc1cccc(-c2ncc3ccn(CC(=O)NC)c3n2)c1. The van der Waals surface area contributed by atoms with Crippen LogP contribution in [0.2, 0.25) is 0 Å². The van der Waals surface area contributed by atoms with Gasteiger partial charge in [-0.15, -0.1) is 0 Å². The average molecular weight is 335 g/mol. The van der Waals surface area contributed by atoms with Crippen LogP contribution in [0.4, 0.5) is 5.69 Å². The van der Waals surface area contributed by atoms with Gasteiger partial charge in [0, 0.05) is 36.1 Å². The van der Waals surface area contributed by atoms with Gasteiger partial charge in [0.15, 0.2) is 5.82 Å². The molecule has 0 fully saturated rings. The van der Waals surface area contributed by atoms with Crippen molar-refractivity contribution in [2.75, 3.05) is 12.4 Å². The van der Waals surface area contributed by atoms with E-state index >= 15 is 0 Å². The van der Waals surface area contributed by atoms with Gasteiger partial charge >= 0.3 is 0 Å². The molecule has 2 amide bonds. The van der Waals surface area contributed by atoms with E-state index in [0.717, 1.165) is 10.9 Å². The summed E-state index contributed by atoms with van der Waals surface area (Å²) < 4.78 is 1.77. The minimum Gasteiger partial charge on any atom is -0.358 e. The number of rotatable bonds is 5. The number of nitrogens with zero attached hydrogens (tertiary/aromatic N) is 3. The number of anilines is 1. The molecular weight excluding hydrogens is 318 g/mol. The molecule has 3 aromatic rings. The third-order valence-corrected chi connectivity index (χ3v) is 3.67. The van der Waals surface area contributed by atoms with Crippen LogP contribution in [0.15, 0.2) is 55.4 Å². The van der Waals surface area contributed by atoms with E-state index in [9.17, 15) is 9.59 Å². The number of amides is 2. The standard InChI is InChI=1S/C18H17N5O2/c1-3-15(24)21-14-6-4-5-12(9-14)17-20-10-13-7-8-23(18(13)22-17)11-16(25)19-2/h3-10H,1,11H2,2H3,(H,19,25)(H,21,24). The second kappa shape index (κ2) is 6.96. The summed E-state index contributed by atoms with van der Waals surface area (Å²) in [4.78, 5) is 32.0. The summed E-state index contributed by atoms with van der Waals surface area (Å²) in [5, 5.41) is 6.15. The Morgan fingerprint density at radius 3 is 2.92 bits per heavy atom. The molecule has 2 N–H and O–H groups in total. The molecule has 0 aliphatic rings. The van der Waals surface area contributed by atoms with Crippen molar-refractivity contribution in [2.45, 2.75) is 6.54 Å². The summed E-state index contributed by atoms with van der Waals surface area (Å²) in [7, 11) is 1.59.